The summed E-state index contributed by atoms with van der Waals surface area (Å²) in [7, 11) is 0. The summed E-state index contributed by atoms with van der Waals surface area (Å²) in [5.41, 5.74) is 0. The van der Waals surface area contributed by atoms with E-state index in [2.05, 4.69) is 10.6 Å². The van der Waals surface area contributed by atoms with Gasteiger partial charge in [0.25, 0.3) is 0 Å². The van der Waals surface area contributed by atoms with Gasteiger partial charge in [0.05, 0.1) is 6.42 Å². The van der Waals surface area contributed by atoms with Crippen LogP contribution in [0.4, 0.5) is 4.79 Å². The van der Waals surface area contributed by atoms with Crippen LogP contribution in [0.3, 0.4) is 0 Å². The Morgan fingerprint density at radius 3 is 2.64 bits per heavy atom. The van der Waals surface area contributed by atoms with Crippen LogP contribution < -0.4 is 10.6 Å². The van der Waals surface area contributed by atoms with E-state index in [0.717, 1.165) is 17.9 Å². The van der Waals surface area contributed by atoms with Crippen LogP contribution in [-0.4, -0.2) is 47.5 Å². The molecule has 1 atom stereocenters. The number of carboxylic acid groups (broad SMARTS) is 1. The molecule has 1 aromatic carbocycles. The minimum absolute atomic E-state index is 0.0579. The van der Waals surface area contributed by atoms with Gasteiger partial charge in [-0.05, 0) is 30.6 Å². The highest BCUT2D eigenvalue weighted by Gasteiger charge is 2.12. The van der Waals surface area contributed by atoms with Crippen molar-refractivity contribution < 1.29 is 14.7 Å². The zero-order chi connectivity index (χ0) is 16.2. The quantitative estimate of drug-likeness (QED) is 0.570. The van der Waals surface area contributed by atoms with E-state index in [1.54, 1.807) is 23.5 Å². The maximum Gasteiger partial charge on any atom is 0.315 e. The van der Waals surface area contributed by atoms with Crippen molar-refractivity contribution in [3.63, 3.8) is 0 Å². The van der Waals surface area contributed by atoms with E-state index >= 15 is 0 Å². The fourth-order valence-corrected chi connectivity index (χ4v) is 3.20. The van der Waals surface area contributed by atoms with E-state index in [-0.39, 0.29) is 25.0 Å². The molecule has 0 saturated carbocycles. The Bertz CT molecular complexity index is 457. The SMILES string of the molecule is CSCC[C@@H](CSc1ccccc1)NC(=O)NCCC(=O)O. The third-order valence-corrected chi connectivity index (χ3v) is 4.64. The van der Waals surface area contributed by atoms with Crippen molar-refractivity contribution in [2.45, 2.75) is 23.8 Å². The van der Waals surface area contributed by atoms with Crippen LogP contribution in [0.5, 0.6) is 0 Å². The lowest BCUT2D eigenvalue weighted by Gasteiger charge is -2.18. The first-order valence-electron chi connectivity index (χ1n) is 7.04. The highest BCUT2D eigenvalue weighted by Crippen LogP contribution is 2.19. The fourth-order valence-electron chi connectivity index (χ4n) is 1.69. The number of carboxylic acids is 1. The molecule has 2 amide bonds. The molecule has 0 bridgehead atoms. The van der Waals surface area contributed by atoms with Gasteiger partial charge in [-0.1, -0.05) is 18.2 Å². The van der Waals surface area contributed by atoms with Crippen molar-refractivity contribution in [1.82, 2.24) is 10.6 Å². The summed E-state index contributed by atoms with van der Waals surface area (Å²) in [6.07, 6.45) is 2.85. The first-order chi connectivity index (χ1) is 10.6. The summed E-state index contributed by atoms with van der Waals surface area (Å²) in [6.45, 7) is 0.141. The molecule has 0 aliphatic carbocycles. The normalized spacial score (nSPS) is 11.7. The molecule has 0 unspecified atom stereocenters. The number of thioether (sulfide) groups is 2. The van der Waals surface area contributed by atoms with Gasteiger partial charge in [0, 0.05) is 23.2 Å². The van der Waals surface area contributed by atoms with Gasteiger partial charge in [-0.3, -0.25) is 4.79 Å². The predicted octanol–water partition coefficient (Wildman–Crippen LogP) is 2.67. The largest absolute Gasteiger partial charge is 0.481 e. The zero-order valence-electron chi connectivity index (χ0n) is 12.6. The molecule has 0 saturated heterocycles. The van der Waals surface area contributed by atoms with Crippen LogP contribution in [0.15, 0.2) is 35.2 Å². The monoisotopic (exact) mass is 342 g/mol. The summed E-state index contributed by atoms with van der Waals surface area (Å²) < 4.78 is 0. The van der Waals surface area contributed by atoms with Crippen molar-refractivity contribution in [3.05, 3.63) is 30.3 Å². The van der Waals surface area contributed by atoms with Gasteiger partial charge in [0.2, 0.25) is 0 Å². The van der Waals surface area contributed by atoms with E-state index in [4.69, 9.17) is 5.11 Å². The molecule has 7 heteroatoms. The van der Waals surface area contributed by atoms with Crippen LogP contribution in [-0.2, 0) is 4.79 Å². The lowest BCUT2D eigenvalue weighted by molar-refractivity contribution is -0.136. The van der Waals surface area contributed by atoms with Gasteiger partial charge in [0.1, 0.15) is 0 Å². The number of carbonyl (C=O) groups excluding carboxylic acids is 1. The molecule has 0 aromatic heterocycles. The molecule has 0 heterocycles. The molecular weight excluding hydrogens is 320 g/mol. The highest BCUT2D eigenvalue weighted by atomic mass is 32.2. The van der Waals surface area contributed by atoms with Crippen LogP contribution in [0.25, 0.3) is 0 Å². The average Bonchev–Trinajstić information content (AvgIpc) is 2.50. The molecule has 5 nitrogen and oxygen atoms in total. The minimum atomic E-state index is -0.918. The standard InChI is InChI=1S/C15H22N2O3S2/c1-21-10-8-12(11-22-13-5-3-2-4-6-13)17-15(20)16-9-7-14(18)19/h2-6,12H,7-11H2,1H3,(H,18,19)(H2,16,17,20)/t12-/m0/s1. The second-order valence-electron chi connectivity index (χ2n) is 4.65. The molecule has 22 heavy (non-hydrogen) atoms. The number of carbonyl (C=O) groups is 2. The fraction of sp³-hybridized carbons (Fsp3) is 0.467. The van der Waals surface area contributed by atoms with Crippen LogP contribution in [0.1, 0.15) is 12.8 Å². The Kier molecular flexibility index (Phi) is 9.57. The molecule has 1 aromatic rings. The van der Waals surface area contributed by atoms with Gasteiger partial charge >= 0.3 is 12.0 Å². The number of urea groups is 1. The maximum absolute atomic E-state index is 11.8. The van der Waals surface area contributed by atoms with Crippen molar-refractivity contribution in [2.24, 2.45) is 0 Å². The molecule has 0 spiro atoms. The number of hydrogen-bond acceptors (Lipinski definition) is 4. The lowest BCUT2D eigenvalue weighted by Crippen LogP contribution is -2.44. The maximum atomic E-state index is 11.8. The Balaban J connectivity index is 2.38. The summed E-state index contributed by atoms with van der Waals surface area (Å²) in [6, 6.07) is 9.80. The molecule has 0 fully saturated rings. The number of hydrogen-bond donors (Lipinski definition) is 3. The second-order valence-corrected chi connectivity index (χ2v) is 6.73. The molecule has 3 N–H and O–H groups in total. The van der Waals surface area contributed by atoms with Crippen molar-refractivity contribution in [2.75, 3.05) is 24.3 Å². The van der Waals surface area contributed by atoms with E-state index in [0.29, 0.717) is 0 Å². The van der Waals surface area contributed by atoms with Gasteiger partial charge in [0.15, 0.2) is 0 Å². The summed E-state index contributed by atoms with van der Waals surface area (Å²) in [5.74, 6) is 0.839. The third kappa shape index (κ3) is 8.84. The molecule has 122 valence electrons. The second kappa shape index (κ2) is 11.3. The number of benzene rings is 1. The van der Waals surface area contributed by atoms with Crippen LogP contribution >= 0.6 is 23.5 Å². The molecular formula is C15H22N2O3S2. The molecule has 1 rings (SSSR count). The third-order valence-electron chi connectivity index (χ3n) is 2.82. The predicted molar refractivity (Wildman–Crippen MR) is 92.7 cm³/mol. The van der Waals surface area contributed by atoms with E-state index in [1.807, 2.05) is 36.6 Å². The number of amides is 2. The smallest absolute Gasteiger partial charge is 0.315 e. The highest BCUT2D eigenvalue weighted by molar-refractivity contribution is 7.99. The average molecular weight is 342 g/mol. The lowest BCUT2D eigenvalue weighted by atomic mass is 10.2. The number of rotatable bonds is 10. The van der Waals surface area contributed by atoms with E-state index < -0.39 is 5.97 Å². The molecule has 0 aliphatic heterocycles. The minimum Gasteiger partial charge on any atom is -0.481 e. The van der Waals surface area contributed by atoms with Crippen molar-refractivity contribution >= 4 is 35.5 Å². The van der Waals surface area contributed by atoms with Gasteiger partial charge < -0.3 is 15.7 Å². The summed E-state index contributed by atoms with van der Waals surface area (Å²) in [4.78, 5) is 23.4. The Morgan fingerprint density at radius 2 is 2.00 bits per heavy atom. The van der Waals surface area contributed by atoms with Gasteiger partial charge in [-0.15, -0.1) is 11.8 Å². The van der Waals surface area contributed by atoms with Crippen molar-refractivity contribution in [3.8, 4) is 0 Å². The Hall–Kier alpha value is -1.34. The van der Waals surface area contributed by atoms with Crippen molar-refractivity contribution in [1.29, 1.82) is 0 Å². The molecule has 0 radical (unpaired) electrons. The van der Waals surface area contributed by atoms with Crippen LogP contribution in [0.2, 0.25) is 0 Å². The number of aliphatic carboxylic acids is 1. The Morgan fingerprint density at radius 1 is 1.27 bits per heavy atom. The molecule has 0 aliphatic rings. The first kappa shape index (κ1) is 18.7. The Labute approximate surface area is 139 Å². The summed E-state index contributed by atoms with van der Waals surface area (Å²) in [5, 5.41) is 14.0. The van der Waals surface area contributed by atoms with E-state index in [1.165, 1.54) is 4.90 Å². The summed E-state index contributed by atoms with van der Waals surface area (Å²) >= 11 is 3.45. The van der Waals surface area contributed by atoms with Crippen LogP contribution in [0, 0.1) is 0 Å². The van der Waals surface area contributed by atoms with E-state index in [9.17, 15) is 9.59 Å². The zero-order valence-corrected chi connectivity index (χ0v) is 14.2. The van der Waals surface area contributed by atoms with Gasteiger partial charge in [-0.2, -0.15) is 11.8 Å². The topological polar surface area (TPSA) is 78.4 Å². The van der Waals surface area contributed by atoms with Gasteiger partial charge in [-0.25, -0.2) is 4.79 Å². The number of nitrogens with one attached hydrogen (secondary N) is 2. The first-order valence-corrected chi connectivity index (χ1v) is 9.42.